The first-order chi connectivity index (χ1) is 5.20. The average molecular weight is 304 g/mol. The van der Waals surface area contributed by atoms with Gasteiger partial charge in [-0.3, -0.25) is 0 Å². The van der Waals surface area contributed by atoms with Crippen LogP contribution in [0.25, 0.3) is 0 Å². The van der Waals surface area contributed by atoms with E-state index in [0.717, 1.165) is 20.8 Å². The number of aliphatic carboxylic acids is 3. The molecule has 11 heteroatoms. The Balaban J connectivity index is -0.0000000104. The molecule has 0 atom stereocenters. The molecule has 0 bridgehead atoms. The predicted molar refractivity (Wildman–Crippen MR) is 46.5 cm³/mol. The maximum Gasteiger partial charge on any atom is 3.00 e. The molecule has 0 aromatic heterocycles. The van der Waals surface area contributed by atoms with Crippen molar-refractivity contribution in [1.29, 1.82) is 0 Å². The maximum absolute atomic E-state index is 8.89. The zero-order chi connectivity index (χ0) is 10.7. The zero-order valence-electron chi connectivity index (χ0n) is 9.33. The van der Waals surface area contributed by atoms with Gasteiger partial charge in [-0.15, -0.1) is 0 Å². The molecule has 0 saturated heterocycles. The van der Waals surface area contributed by atoms with Gasteiger partial charge in [0, 0.05) is 17.9 Å². The average Bonchev–Trinajstić information content (AvgIpc) is 1.54. The molecule has 0 spiro atoms. The van der Waals surface area contributed by atoms with Crippen LogP contribution in [0.2, 0.25) is 0 Å². The minimum atomic E-state index is -1.08. The van der Waals surface area contributed by atoms with E-state index in [0.29, 0.717) is 0 Å². The number of hydrogen-bond donors (Lipinski definition) is 0. The van der Waals surface area contributed by atoms with E-state index in [2.05, 4.69) is 0 Å². The van der Waals surface area contributed by atoms with Crippen molar-refractivity contribution in [1.82, 2.24) is 0 Å². The first-order valence-electron chi connectivity index (χ1n) is 2.72. The summed E-state index contributed by atoms with van der Waals surface area (Å²) >= 11 is 0. The monoisotopic (exact) mass is 304 g/mol. The normalized spacial score (nSPS) is 4.41. The van der Waals surface area contributed by atoms with Crippen LogP contribution in [0.1, 0.15) is 20.8 Å². The van der Waals surface area contributed by atoms with Crippen molar-refractivity contribution in [3.05, 3.63) is 0 Å². The first kappa shape index (κ1) is 57.0. The van der Waals surface area contributed by atoms with Crippen LogP contribution in [0, 0.1) is 0 Å². The number of carbonyl (C=O) groups excluding carboxylic acids is 3. The molecule has 0 aromatic rings. The Morgan fingerprint density at radius 3 is 0.588 bits per heavy atom. The van der Waals surface area contributed by atoms with Crippen molar-refractivity contribution < 1.29 is 68.7 Å². The van der Waals surface area contributed by atoms with Gasteiger partial charge >= 0.3 is 17.1 Å². The molecular formula is C6H17MnO10. The molecule has 0 unspecified atom stereocenters. The molecule has 0 heterocycles. The topological polar surface area (TPSA) is 246 Å². The summed E-state index contributed by atoms with van der Waals surface area (Å²) in [6.07, 6.45) is 0. The molecule has 17 heavy (non-hydrogen) atoms. The van der Waals surface area contributed by atoms with Gasteiger partial charge < -0.3 is 51.6 Å². The fourth-order valence-electron chi connectivity index (χ4n) is 0. The van der Waals surface area contributed by atoms with E-state index >= 15 is 0 Å². The van der Waals surface area contributed by atoms with Crippen LogP contribution < -0.4 is 15.3 Å². The number of hydrogen-bond acceptors (Lipinski definition) is 6. The molecular weight excluding hydrogens is 287 g/mol. The second-order valence-corrected chi connectivity index (χ2v) is 1.47. The van der Waals surface area contributed by atoms with Crippen molar-refractivity contribution in [3.8, 4) is 0 Å². The summed E-state index contributed by atoms with van der Waals surface area (Å²) in [4.78, 5) is 26.7. The molecule has 0 fully saturated rings. The molecule has 10 nitrogen and oxygen atoms in total. The van der Waals surface area contributed by atoms with E-state index in [1.54, 1.807) is 0 Å². The Hall–Kier alpha value is -1.23. The smallest absolute Gasteiger partial charge is 0.550 e. The van der Waals surface area contributed by atoms with Gasteiger partial charge in [0.25, 0.3) is 0 Å². The maximum atomic E-state index is 8.89. The molecule has 0 aromatic carbocycles. The number of carbonyl (C=O) groups is 3. The van der Waals surface area contributed by atoms with Crippen molar-refractivity contribution in [3.63, 3.8) is 0 Å². The van der Waals surface area contributed by atoms with E-state index in [4.69, 9.17) is 29.7 Å². The standard InChI is InChI=1S/3C2H4O2.Mn.4H2O/c3*1-2(3)4;;;;;/h3*1H3,(H,3,4);;4*1H2/q;;;+3;;;;/p-3. The first-order valence-corrected chi connectivity index (χ1v) is 2.72. The SMILES string of the molecule is CC(=O)[O-].CC(=O)[O-].CC(=O)[O-].O.O.O.O.[Mn+3]. The quantitative estimate of drug-likeness (QED) is 0.392. The third kappa shape index (κ3) is 1590. The third-order valence-corrected chi connectivity index (χ3v) is 0. The minimum absolute atomic E-state index is 0. The predicted octanol–water partition coefficient (Wildman–Crippen LogP) is -7.03. The van der Waals surface area contributed by atoms with Crippen LogP contribution in [-0.2, 0) is 31.5 Å². The minimum Gasteiger partial charge on any atom is -0.550 e. The van der Waals surface area contributed by atoms with Gasteiger partial charge in [-0.25, -0.2) is 0 Å². The van der Waals surface area contributed by atoms with Crippen molar-refractivity contribution in [2.24, 2.45) is 0 Å². The summed E-state index contributed by atoms with van der Waals surface area (Å²) < 4.78 is 0. The summed E-state index contributed by atoms with van der Waals surface area (Å²) in [5, 5.41) is 26.7. The van der Waals surface area contributed by atoms with Gasteiger partial charge in [0.05, 0.1) is 0 Å². The summed E-state index contributed by atoms with van der Waals surface area (Å²) in [5.74, 6) is -3.25. The van der Waals surface area contributed by atoms with E-state index in [1.165, 1.54) is 0 Å². The molecule has 0 rings (SSSR count). The van der Waals surface area contributed by atoms with Gasteiger partial charge in [-0.2, -0.15) is 0 Å². The summed E-state index contributed by atoms with van der Waals surface area (Å²) in [5.41, 5.74) is 0. The summed E-state index contributed by atoms with van der Waals surface area (Å²) in [6.45, 7) is 2.92. The van der Waals surface area contributed by atoms with Crippen LogP contribution in [0.3, 0.4) is 0 Å². The molecule has 108 valence electrons. The second-order valence-electron chi connectivity index (χ2n) is 1.47. The zero-order valence-corrected chi connectivity index (χ0v) is 10.5. The molecule has 0 radical (unpaired) electrons. The fraction of sp³-hybridized carbons (Fsp3) is 0.500. The molecule has 0 aliphatic heterocycles. The van der Waals surface area contributed by atoms with Gasteiger partial charge in [0.15, 0.2) is 0 Å². The van der Waals surface area contributed by atoms with E-state index in [9.17, 15) is 0 Å². The van der Waals surface area contributed by atoms with E-state index < -0.39 is 17.9 Å². The molecule has 0 aliphatic rings. The van der Waals surface area contributed by atoms with Crippen LogP contribution in [0.4, 0.5) is 0 Å². The van der Waals surface area contributed by atoms with E-state index in [1.807, 2.05) is 0 Å². The van der Waals surface area contributed by atoms with Crippen LogP contribution in [-0.4, -0.2) is 39.8 Å². The van der Waals surface area contributed by atoms with E-state index in [-0.39, 0.29) is 39.0 Å². The van der Waals surface area contributed by atoms with Crippen molar-refractivity contribution >= 4 is 17.9 Å². The number of carboxylic acid groups (broad SMARTS) is 3. The van der Waals surface area contributed by atoms with Crippen molar-refractivity contribution in [2.45, 2.75) is 20.8 Å². The van der Waals surface area contributed by atoms with Gasteiger partial charge in [0.2, 0.25) is 0 Å². The van der Waals surface area contributed by atoms with Gasteiger partial charge in [-0.1, -0.05) is 0 Å². The van der Waals surface area contributed by atoms with Crippen LogP contribution in [0.5, 0.6) is 0 Å². The largest absolute Gasteiger partial charge is 3.00 e. The number of carboxylic acids is 3. The summed E-state index contributed by atoms with van der Waals surface area (Å²) in [6, 6.07) is 0. The molecule has 8 N–H and O–H groups in total. The second kappa shape index (κ2) is 46.4. The fourth-order valence-corrected chi connectivity index (χ4v) is 0. The van der Waals surface area contributed by atoms with Crippen molar-refractivity contribution in [2.75, 3.05) is 0 Å². The van der Waals surface area contributed by atoms with Gasteiger partial charge in [0.1, 0.15) is 0 Å². The Bertz CT molecular complexity index is 118. The Labute approximate surface area is 108 Å². The van der Waals surface area contributed by atoms with Gasteiger partial charge in [-0.05, 0) is 20.8 Å². The van der Waals surface area contributed by atoms with Crippen LogP contribution >= 0.6 is 0 Å². The molecule has 0 aliphatic carbocycles. The Morgan fingerprint density at radius 1 is 0.588 bits per heavy atom. The summed E-state index contributed by atoms with van der Waals surface area (Å²) in [7, 11) is 0. The Kier molecular flexibility index (Phi) is 156. The van der Waals surface area contributed by atoms with Crippen LogP contribution in [0.15, 0.2) is 0 Å². The Morgan fingerprint density at radius 2 is 0.588 bits per heavy atom. The third-order valence-electron chi connectivity index (χ3n) is 0. The molecule has 0 amide bonds. The number of rotatable bonds is 0. The molecule has 0 saturated carbocycles.